The predicted octanol–water partition coefficient (Wildman–Crippen LogP) is 2.05. The molecule has 4 heteroatoms. The summed E-state index contributed by atoms with van der Waals surface area (Å²) in [5, 5.41) is 6.24. The summed E-state index contributed by atoms with van der Waals surface area (Å²) in [5.74, 6) is 0. The second-order valence-corrected chi connectivity index (χ2v) is 4.58. The third-order valence-electron chi connectivity index (χ3n) is 3.11. The van der Waals surface area contributed by atoms with Gasteiger partial charge >= 0.3 is 6.09 Å². The molecule has 0 aliphatic carbocycles. The summed E-state index contributed by atoms with van der Waals surface area (Å²) >= 11 is 0. The fourth-order valence-corrected chi connectivity index (χ4v) is 2.09. The zero-order valence-electron chi connectivity index (χ0n) is 10.5. The second-order valence-electron chi connectivity index (χ2n) is 4.58. The Hall–Kier alpha value is -1.55. The van der Waals surface area contributed by atoms with Gasteiger partial charge < -0.3 is 15.4 Å². The molecule has 0 saturated carbocycles. The van der Waals surface area contributed by atoms with Crippen LogP contribution in [0, 0.1) is 0 Å². The molecule has 1 atom stereocenters. The van der Waals surface area contributed by atoms with Crippen LogP contribution in [0.1, 0.15) is 24.8 Å². The minimum atomic E-state index is -0.314. The third-order valence-corrected chi connectivity index (χ3v) is 3.11. The van der Waals surface area contributed by atoms with Crippen molar-refractivity contribution in [3.63, 3.8) is 0 Å². The van der Waals surface area contributed by atoms with Crippen molar-refractivity contribution in [2.24, 2.45) is 0 Å². The molecule has 0 aromatic heterocycles. The number of benzene rings is 1. The average molecular weight is 248 g/mol. The van der Waals surface area contributed by atoms with Crippen LogP contribution in [0.4, 0.5) is 4.79 Å². The highest BCUT2D eigenvalue weighted by Gasteiger charge is 2.14. The van der Waals surface area contributed by atoms with Crippen LogP contribution in [-0.2, 0) is 11.3 Å². The summed E-state index contributed by atoms with van der Waals surface area (Å²) in [4.78, 5) is 11.6. The maximum absolute atomic E-state index is 11.6. The van der Waals surface area contributed by atoms with E-state index >= 15 is 0 Å². The number of rotatable bonds is 3. The number of amides is 1. The van der Waals surface area contributed by atoms with Gasteiger partial charge in [0.2, 0.25) is 0 Å². The molecule has 1 amide bonds. The fourth-order valence-electron chi connectivity index (χ4n) is 2.09. The smallest absolute Gasteiger partial charge is 0.407 e. The summed E-state index contributed by atoms with van der Waals surface area (Å²) in [6.07, 6.45) is 2.78. The minimum absolute atomic E-state index is 0.239. The lowest BCUT2D eigenvalue weighted by atomic mass is 10.1. The van der Waals surface area contributed by atoms with E-state index in [4.69, 9.17) is 4.74 Å². The van der Waals surface area contributed by atoms with E-state index in [-0.39, 0.29) is 12.1 Å². The molecule has 98 valence electrons. The molecule has 1 fully saturated rings. The second kappa shape index (κ2) is 7.01. The Kier molecular flexibility index (Phi) is 5.02. The van der Waals surface area contributed by atoms with Crippen molar-refractivity contribution < 1.29 is 9.53 Å². The molecule has 2 rings (SSSR count). The third kappa shape index (κ3) is 4.37. The number of carbonyl (C=O) groups excluding carboxylic acids is 1. The number of ether oxygens (including phenoxy) is 1. The summed E-state index contributed by atoms with van der Waals surface area (Å²) < 4.78 is 5.20. The number of hydrogen-bond donors (Lipinski definition) is 2. The highest BCUT2D eigenvalue weighted by molar-refractivity contribution is 5.67. The molecule has 0 radical (unpaired) electrons. The van der Waals surface area contributed by atoms with Crippen molar-refractivity contribution in [1.29, 1.82) is 0 Å². The van der Waals surface area contributed by atoms with Crippen molar-refractivity contribution in [3.8, 4) is 0 Å². The molecule has 4 nitrogen and oxygen atoms in total. The fraction of sp³-hybridized carbons (Fsp3) is 0.500. The zero-order valence-corrected chi connectivity index (χ0v) is 10.5. The van der Waals surface area contributed by atoms with E-state index < -0.39 is 0 Å². The molecule has 1 heterocycles. The van der Waals surface area contributed by atoms with Gasteiger partial charge in [0, 0.05) is 6.04 Å². The van der Waals surface area contributed by atoms with Gasteiger partial charge in [-0.15, -0.1) is 0 Å². The lowest BCUT2D eigenvalue weighted by Gasteiger charge is -2.15. The largest absolute Gasteiger partial charge is 0.445 e. The first kappa shape index (κ1) is 12.9. The van der Waals surface area contributed by atoms with Crippen molar-refractivity contribution in [2.75, 3.05) is 13.1 Å². The maximum Gasteiger partial charge on any atom is 0.407 e. The summed E-state index contributed by atoms with van der Waals surface area (Å²) in [5.41, 5.74) is 1.01. The van der Waals surface area contributed by atoms with Gasteiger partial charge in [0.1, 0.15) is 6.61 Å². The first-order chi connectivity index (χ1) is 8.84. The van der Waals surface area contributed by atoms with Gasteiger partial charge in [-0.25, -0.2) is 4.79 Å². The lowest BCUT2D eigenvalue weighted by Crippen LogP contribution is -2.35. The Morgan fingerprint density at radius 1 is 1.28 bits per heavy atom. The normalized spacial score (nSPS) is 19.9. The van der Waals surface area contributed by atoms with Crippen molar-refractivity contribution in [1.82, 2.24) is 10.6 Å². The van der Waals surface area contributed by atoms with E-state index in [1.165, 1.54) is 0 Å². The van der Waals surface area contributed by atoms with Crippen LogP contribution in [-0.4, -0.2) is 25.2 Å². The topological polar surface area (TPSA) is 50.4 Å². The Balaban J connectivity index is 1.71. The van der Waals surface area contributed by atoms with Gasteiger partial charge in [0.15, 0.2) is 0 Å². The minimum Gasteiger partial charge on any atom is -0.445 e. The molecule has 0 spiro atoms. The molecular formula is C14H20N2O2. The Morgan fingerprint density at radius 2 is 2.11 bits per heavy atom. The van der Waals surface area contributed by atoms with Gasteiger partial charge in [0.25, 0.3) is 0 Å². The van der Waals surface area contributed by atoms with E-state index in [9.17, 15) is 4.79 Å². The summed E-state index contributed by atoms with van der Waals surface area (Å²) in [6, 6.07) is 9.96. The number of carbonyl (C=O) groups is 1. The van der Waals surface area contributed by atoms with E-state index in [2.05, 4.69) is 10.6 Å². The van der Waals surface area contributed by atoms with E-state index in [0.717, 1.165) is 37.9 Å². The number of hydrogen-bond acceptors (Lipinski definition) is 3. The molecule has 1 unspecified atom stereocenters. The number of alkyl carbamates (subject to hydrolysis) is 1. The predicted molar refractivity (Wildman–Crippen MR) is 70.3 cm³/mol. The van der Waals surface area contributed by atoms with Crippen molar-refractivity contribution in [3.05, 3.63) is 35.9 Å². The highest BCUT2D eigenvalue weighted by atomic mass is 16.5. The van der Waals surface area contributed by atoms with Crippen molar-refractivity contribution in [2.45, 2.75) is 31.9 Å². The summed E-state index contributed by atoms with van der Waals surface area (Å²) in [7, 11) is 0. The standard InChI is InChI=1S/C14H20N2O2/c17-14(16-13-7-4-9-15-10-8-13)18-11-12-5-2-1-3-6-12/h1-3,5-6,13,15H,4,7-11H2,(H,16,17). The molecule has 0 bridgehead atoms. The van der Waals surface area contributed by atoms with E-state index in [0.29, 0.717) is 6.61 Å². The van der Waals surface area contributed by atoms with Crippen molar-refractivity contribution >= 4 is 6.09 Å². The molecule has 1 aromatic carbocycles. The zero-order chi connectivity index (χ0) is 12.6. The molecule has 1 saturated heterocycles. The van der Waals surface area contributed by atoms with Crippen LogP contribution in [0.3, 0.4) is 0 Å². The van der Waals surface area contributed by atoms with E-state index in [1.54, 1.807) is 0 Å². The van der Waals surface area contributed by atoms with Crippen LogP contribution in [0.25, 0.3) is 0 Å². The maximum atomic E-state index is 11.6. The Bertz CT molecular complexity index is 359. The Labute approximate surface area is 108 Å². The SMILES string of the molecule is O=C(NC1CCCNCC1)OCc1ccccc1. The monoisotopic (exact) mass is 248 g/mol. The lowest BCUT2D eigenvalue weighted by molar-refractivity contribution is 0.135. The Morgan fingerprint density at radius 3 is 2.94 bits per heavy atom. The van der Waals surface area contributed by atoms with Crippen LogP contribution >= 0.6 is 0 Å². The molecular weight excluding hydrogens is 228 g/mol. The van der Waals surface area contributed by atoms with Crippen LogP contribution in [0.15, 0.2) is 30.3 Å². The van der Waals surface area contributed by atoms with Gasteiger partial charge in [-0.05, 0) is 37.9 Å². The first-order valence-electron chi connectivity index (χ1n) is 6.52. The first-order valence-corrected chi connectivity index (χ1v) is 6.52. The number of nitrogens with one attached hydrogen (secondary N) is 2. The van der Waals surface area contributed by atoms with Gasteiger partial charge in [0.05, 0.1) is 0 Å². The molecule has 1 aromatic rings. The quantitative estimate of drug-likeness (QED) is 0.860. The van der Waals surface area contributed by atoms with Gasteiger partial charge in [-0.3, -0.25) is 0 Å². The van der Waals surface area contributed by atoms with Gasteiger partial charge in [-0.2, -0.15) is 0 Å². The van der Waals surface area contributed by atoms with Crippen LogP contribution in [0.5, 0.6) is 0 Å². The highest BCUT2D eigenvalue weighted by Crippen LogP contribution is 2.06. The van der Waals surface area contributed by atoms with Gasteiger partial charge in [-0.1, -0.05) is 30.3 Å². The molecule has 1 aliphatic heterocycles. The van der Waals surface area contributed by atoms with Crippen LogP contribution < -0.4 is 10.6 Å². The van der Waals surface area contributed by atoms with Crippen LogP contribution in [0.2, 0.25) is 0 Å². The van der Waals surface area contributed by atoms with E-state index in [1.807, 2.05) is 30.3 Å². The summed E-state index contributed by atoms with van der Waals surface area (Å²) in [6.45, 7) is 2.33. The molecule has 18 heavy (non-hydrogen) atoms. The average Bonchev–Trinajstić information content (AvgIpc) is 2.66. The molecule has 1 aliphatic rings. The molecule has 2 N–H and O–H groups in total.